The molecule has 0 unspecified atom stereocenters. The van der Waals surface area contributed by atoms with Gasteiger partial charge >= 0.3 is 0 Å². The van der Waals surface area contributed by atoms with Crippen molar-refractivity contribution in [2.75, 3.05) is 0 Å². The number of alkyl halides is 1. The molecule has 2 nitrogen and oxygen atoms in total. The summed E-state index contributed by atoms with van der Waals surface area (Å²) in [6.45, 7) is 3.31. The van der Waals surface area contributed by atoms with Gasteiger partial charge in [-0.15, -0.1) is 11.6 Å². The number of aryl methyl sites for hydroxylation is 1. The van der Waals surface area contributed by atoms with Gasteiger partial charge in [0, 0.05) is 12.7 Å². The van der Waals surface area contributed by atoms with Crippen LogP contribution in [-0.4, -0.2) is 9.55 Å². The van der Waals surface area contributed by atoms with Crippen LogP contribution < -0.4 is 0 Å². The number of aromatic nitrogens is 2. The van der Waals surface area contributed by atoms with E-state index in [0.717, 1.165) is 12.2 Å². The van der Waals surface area contributed by atoms with Crippen LogP contribution in [-0.2, 0) is 12.4 Å². The van der Waals surface area contributed by atoms with E-state index < -0.39 is 0 Å². The van der Waals surface area contributed by atoms with Crippen LogP contribution in [0.15, 0.2) is 12.5 Å². The maximum Gasteiger partial charge on any atom is 0.0948 e. The Morgan fingerprint density at radius 1 is 1.20 bits per heavy atom. The number of hydrogen-bond acceptors (Lipinski definition) is 1. The Hall–Kier alpha value is -0.500. The molecule has 15 heavy (non-hydrogen) atoms. The van der Waals surface area contributed by atoms with Crippen molar-refractivity contribution in [2.24, 2.45) is 0 Å². The van der Waals surface area contributed by atoms with E-state index in [2.05, 4.69) is 16.5 Å². The number of unbranched alkanes of at least 4 members (excludes halogenated alkanes) is 5. The molecule has 1 rings (SSSR count). The van der Waals surface area contributed by atoms with Crippen LogP contribution in [0.3, 0.4) is 0 Å². The number of hydrogen-bond donors (Lipinski definition) is 0. The molecule has 0 aromatic carbocycles. The lowest BCUT2D eigenvalue weighted by molar-refractivity contribution is 0.552. The summed E-state index contributed by atoms with van der Waals surface area (Å²) in [6.07, 6.45) is 11.7. The molecule has 1 aromatic heterocycles. The first-order valence-corrected chi connectivity index (χ1v) is 6.47. The zero-order valence-electron chi connectivity index (χ0n) is 9.58. The quantitative estimate of drug-likeness (QED) is 0.486. The van der Waals surface area contributed by atoms with Gasteiger partial charge in [0.15, 0.2) is 0 Å². The number of rotatable bonds is 8. The Kier molecular flexibility index (Phi) is 6.49. The molecule has 0 amide bonds. The van der Waals surface area contributed by atoms with Gasteiger partial charge < -0.3 is 4.57 Å². The third kappa shape index (κ3) is 4.70. The van der Waals surface area contributed by atoms with Crippen LogP contribution in [0.4, 0.5) is 0 Å². The Morgan fingerprint density at radius 3 is 2.67 bits per heavy atom. The fraction of sp³-hybridized carbons (Fsp3) is 0.750. The zero-order valence-corrected chi connectivity index (χ0v) is 10.3. The van der Waals surface area contributed by atoms with Crippen LogP contribution in [0.2, 0.25) is 0 Å². The van der Waals surface area contributed by atoms with Crippen molar-refractivity contribution in [3.05, 3.63) is 18.2 Å². The summed E-state index contributed by atoms with van der Waals surface area (Å²) in [5, 5.41) is 0. The van der Waals surface area contributed by atoms with Gasteiger partial charge in [-0.25, -0.2) is 4.98 Å². The van der Waals surface area contributed by atoms with Crippen LogP contribution in [0, 0.1) is 0 Å². The van der Waals surface area contributed by atoms with Crippen molar-refractivity contribution in [1.82, 2.24) is 9.55 Å². The van der Waals surface area contributed by atoms with Crippen molar-refractivity contribution in [3.63, 3.8) is 0 Å². The molecule has 1 aromatic rings. The topological polar surface area (TPSA) is 17.8 Å². The minimum Gasteiger partial charge on any atom is -0.333 e. The molecule has 0 N–H and O–H groups in total. The molecule has 1 heterocycles. The average molecular weight is 229 g/mol. The molecule has 0 saturated carbocycles. The first-order valence-electron chi connectivity index (χ1n) is 5.93. The number of halogens is 1. The second-order valence-corrected chi connectivity index (χ2v) is 4.25. The molecule has 0 radical (unpaired) electrons. The molecule has 86 valence electrons. The van der Waals surface area contributed by atoms with E-state index in [9.17, 15) is 0 Å². The second kappa shape index (κ2) is 7.75. The van der Waals surface area contributed by atoms with Gasteiger partial charge in [0.1, 0.15) is 0 Å². The molecule has 0 fully saturated rings. The maximum atomic E-state index is 5.79. The molecule has 3 heteroatoms. The van der Waals surface area contributed by atoms with E-state index in [-0.39, 0.29) is 0 Å². The summed E-state index contributed by atoms with van der Waals surface area (Å²) in [7, 11) is 0. The van der Waals surface area contributed by atoms with Gasteiger partial charge in [-0.1, -0.05) is 39.0 Å². The van der Waals surface area contributed by atoms with E-state index >= 15 is 0 Å². The van der Waals surface area contributed by atoms with Gasteiger partial charge in [-0.2, -0.15) is 0 Å². The van der Waals surface area contributed by atoms with Gasteiger partial charge in [0.25, 0.3) is 0 Å². The van der Waals surface area contributed by atoms with Gasteiger partial charge in [0.05, 0.1) is 17.9 Å². The minimum absolute atomic E-state index is 0.565. The van der Waals surface area contributed by atoms with Crippen molar-refractivity contribution in [3.8, 4) is 0 Å². The smallest absolute Gasteiger partial charge is 0.0948 e. The Bertz CT molecular complexity index is 258. The van der Waals surface area contributed by atoms with Crippen LogP contribution in [0.5, 0.6) is 0 Å². The molecule has 0 bridgehead atoms. The lowest BCUT2D eigenvalue weighted by atomic mass is 10.1. The predicted octanol–water partition coefficient (Wildman–Crippen LogP) is 3.98. The van der Waals surface area contributed by atoms with E-state index in [0.29, 0.717) is 5.88 Å². The van der Waals surface area contributed by atoms with Crippen molar-refractivity contribution < 1.29 is 0 Å². The van der Waals surface area contributed by atoms with Crippen molar-refractivity contribution in [1.29, 1.82) is 0 Å². The second-order valence-electron chi connectivity index (χ2n) is 3.98. The first kappa shape index (κ1) is 12.6. The Labute approximate surface area is 97.7 Å². The Morgan fingerprint density at radius 2 is 1.93 bits per heavy atom. The third-order valence-electron chi connectivity index (χ3n) is 2.69. The average Bonchev–Trinajstić information content (AvgIpc) is 2.70. The highest BCUT2D eigenvalue weighted by atomic mass is 35.5. The summed E-state index contributed by atoms with van der Waals surface area (Å²) in [5.41, 5.74) is 1.13. The van der Waals surface area contributed by atoms with Gasteiger partial charge in [0.2, 0.25) is 0 Å². The maximum absolute atomic E-state index is 5.79. The summed E-state index contributed by atoms with van der Waals surface area (Å²) in [4.78, 5) is 4.10. The van der Waals surface area contributed by atoms with Crippen molar-refractivity contribution >= 4 is 11.6 Å². The van der Waals surface area contributed by atoms with E-state index in [1.165, 1.54) is 38.5 Å². The standard InChI is InChI=1S/C12H21ClN2/c1-2-3-4-5-6-7-8-15-11-14-10-12(15)9-13/h10-11H,2-9H2,1H3. The zero-order chi connectivity index (χ0) is 10.9. The highest BCUT2D eigenvalue weighted by molar-refractivity contribution is 6.16. The van der Waals surface area contributed by atoms with E-state index in [1.807, 2.05) is 12.5 Å². The van der Waals surface area contributed by atoms with Gasteiger partial charge in [-0.3, -0.25) is 0 Å². The molecule has 0 saturated heterocycles. The number of imidazole rings is 1. The highest BCUT2D eigenvalue weighted by Crippen LogP contribution is 2.08. The van der Waals surface area contributed by atoms with Crippen LogP contribution in [0.25, 0.3) is 0 Å². The van der Waals surface area contributed by atoms with E-state index in [4.69, 9.17) is 11.6 Å². The van der Waals surface area contributed by atoms with E-state index in [1.54, 1.807) is 0 Å². The number of nitrogens with zero attached hydrogens (tertiary/aromatic N) is 2. The lowest BCUT2D eigenvalue weighted by Gasteiger charge is -2.05. The lowest BCUT2D eigenvalue weighted by Crippen LogP contribution is -2.00. The predicted molar refractivity (Wildman–Crippen MR) is 65.2 cm³/mol. The molecular weight excluding hydrogens is 208 g/mol. The van der Waals surface area contributed by atoms with Crippen molar-refractivity contribution in [2.45, 2.75) is 57.9 Å². The SMILES string of the molecule is CCCCCCCCn1cncc1CCl. The molecule has 0 aliphatic heterocycles. The fourth-order valence-electron chi connectivity index (χ4n) is 1.72. The fourth-order valence-corrected chi connectivity index (χ4v) is 1.95. The molecule has 0 atom stereocenters. The minimum atomic E-state index is 0.565. The van der Waals surface area contributed by atoms with Crippen LogP contribution >= 0.6 is 11.6 Å². The summed E-state index contributed by atoms with van der Waals surface area (Å²) < 4.78 is 2.16. The molecule has 0 aliphatic carbocycles. The normalized spacial score (nSPS) is 10.8. The third-order valence-corrected chi connectivity index (χ3v) is 2.96. The largest absolute Gasteiger partial charge is 0.333 e. The summed E-state index contributed by atoms with van der Waals surface area (Å²) >= 11 is 5.79. The molecule has 0 aliphatic rings. The Balaban J connectivity index is 2.09. The summed E-state index contributed by atoms with van der Waals surface area (Å²) in [5.74, 6) is 0.565. The summed E-state index contributed by atoms with van der Waals surface area (Å²) in [6, 6.07) is 0. The van der Waals surface area contributed by atoms with Gasteiger partial charge in [-0.05, 0) is 6.42 Å². The van der Waals surface area contributed by atoms with Crippen LogP contribution in [0.1, 0.15) is 51.1 Å². The molecular formula is C12H21ClN2. The molecule has 0 spiro atoms. The monoisotopic (exact) mass is 228 g/mol. The first-order chi connectivity index (χ1) is 7.38. The highest BCUT2D eigenvalue weighted by Gasteiger charge is 1.99.